The van der Waals surface area contributed by atoms with Gasteiger partial charge in [0, 0.05) is 0 Å². The lowest BCUT2D eigenvalue weighted by molar-refractivity contribution is 0.182. The molecule has 0 aromatic rings. The first kappa shape index (κ1) is 6.33. The minimum Gasteiger partial charge on any atom is -0.480 e. The summed E-state index contributed by atoms with van der Waals surface area (Å²) in [6.07, 6.45) is -2.77. The van der Waals surface area contributed by atoms with Gasteiger partial charge in [0.25, 0.3) is 0 Å². The molecule has 2 nitrogen and oxygen atoms in total. The lowest BCUT2D eigenvalue weighted by Gasteiger charge is -1.95. The highest BCUT2D eigenvalue weighted by molar-refractivity contribution is 5.75. The van der Waals surface area contributed by atoms with Gasteiger partial charge in [-0.3, -0.25) is 5.41 Å². The van der Waals surface area contributed by atoms with Crippen molar-refractivity contribution in [2.24, 2.45) is 0 Å². The Bertz CT molecular complexity index is 73.3. The summed E-state index contributed by atoms with van der Waals surface area (Å²) in [5.41, 5.74) is 0. The first-order chi connectivity index (χ1) is 3.18. The van der Waals surface area contributed by atoms with Crippen LogP contribution < -0.4 is 0 Å². The summed E-state index contributed by atoms with van der Waals surface area (Å²) >= 11 is 0. The molecule has 0 radical (unpaired) electrons. The Kier molecular flexibility index (Phi) is 2.26. The molecule has 1 N–H and O–H groups in total. The highest BCUT2D eigenvalue weighted by Crippen LogP contribution is 1.92. The van der Waals surface area contributed by atoms with Crippen molar-refractivity contribution in [2.75, 3.05) is 7.11 Å². The molecule has 0 heterocycles. The summed E-state index contributed by atoms with van der Waals surface area (Å²) in [6, 6.07) is 0. The van der Waals surface area contributed by atoms with Gasteiger partial charge in [0.2, 0.25) is 5.90 Å². The van der Waals surface area contributed by atoms with Crippen LogP contribution in [0.15, 0.2) is 0 Å². The molecule has 0 aromatic carbocycles. The predicted molar refractivity (Wildman–Crippen MR) is 20.7 cm³/mol. The number of ether oxygens (including phenoxy) is 1. The highest BCUT2D eigenvalue weighted by atomic mass is 19.3. The Balaban J connectivity index is 3.35. The molecular weight excluding hydrogens is 104 g/mol. The fraction of sp³-hybridized carbons (Fsp3) is 0.667. The maximum atomic E-state index is 11.1. The molecule has 0 aromatic heterocycles. The third kappa shape index (κ3) is 2.08. The normalized spacial score (nSPS) is 9.14. The maximum absolute atomic E-state index is 11.1. The van der Waals surface area contributed by atoms with Crippen LogP contribution in [0, 0.1) is 5.41 Å². The fourth-order valence-electron chi connectivity index (χ4n) is 0.0891. The topological polar surface area (TPSA) is 33.1 Å². The average Bonchev–Trinajstić information content (AvgIpc) is 1.65. The molecule has 0 saturated carbocycles. The largest absolute Gasteiger partial charge is 0.480 e. The van der Waals surface area contributed by atoms with Gasteiger partial charge in [-0.25, -0.2) is 0 Å². The van der Waals surface area contributed by atoms with E-state index < -0.39 is 12.3 Å². The van der Waals surface area contributed by atoms with E-state index in [1.54, 1.807) is 0 Å². The van der Waals surface area contributed by atoms with Crippen molar-refractivity contribution in [1.29, 1.82) is 5.41 Å². The molecule has 4 heteroatoms. The van der Waals surface area contributed by atoms with E-state index in [2.05, 4.69) is 4.74 Å². The molecule has 0 amide bonds. The molecule has 0 bridgehead atoms. The van der Waals surface area contributed by atoms with Gasteiger partial charge in [-0.15, -0.1) is 0 Å². The zero-order valence-electron chi connectivity index (χ0n) is 3.74. The van der Waals surface area contributed by atoms with Crippen LogP contribution in [-0.4, -0.2) is 19.4 Å². The Hall–Kier alpha value is -0.670. The van der Waals surface area contributed by atoms with E-state index in [0.717, 1.165) is 7.11 Å². The van der Waals surface area contributed by atoms with Gasteiger partial charge in [0.05, 0.1) is 7.11 Å². The van der Waals surface area contributed by atoms with Crippen LogP contribution in [-0.2, 0) is 4.74 Å². The van der Waals surface area contributed by atoms with Crippen LogP contribution in [0.25, 0.3) is 0 Å². The van der Waals surface area contributed by atoms with Gasteiger partial charge < -0.3 is 4.74 Å². The molecule has 0 aliphatic carbocycles. The van der Waals surface area contributed by atoms with E-state index in [4.69, 9.17) is 5.41 Å². The Labute approximate surface area is 39.6 Å². The van der Waals surface area contributed by atoms with Gasteiger partial charge in [0.1, 0.15) is 0 Å². The molecule has 0 spiro atoms. The van der Waals surface area contributed by atoms with Crippen molar-refractivity contribution in [1.82, 2.24) is 0 Å². The standard InChI is InChI=1S/C3H5F2NO/c1-7-3(6)2(4)5/h2,6H,1H3. The van der Waals surface area contributed by atoms with Crippen LogP contribution >= 0.6 is 0 Å². The zero-order valence-corrected chi connectivity index (χ0v) is 3.74. The fourth-order valence-corrected chi connectivity index (χ4v) is 0.0891. The van der Waals surface area contributed by atoms with E-state index >= 15 is 0 Å². The second-order valence-electron chi connectivity index (χ2n) is 0.869. The molecule has 7 heavy (non-hydrogen) atoms. The molecule has 0 saturated heterocycles. The third-order valence-corrected chi connectivity index (χ3v) is 0.418. The van der Waals surface area contributed by atoms with E-state index in [0.29, 0.717) is 0 Å². The summed E-state index contributed by atoms with van der Waals surface area (Å²) in [7, 11) is 1.04. The first-order valence-corrected chi connectivity index (χ1v) is 1.59. The SMILES string of the molecule is COC(=N)C(F)F. The van der Waals surface area contributed by atoms with Crippen LogP contribution in [0.5, 0.6) is 0 Å². The summed E-state index contributed by atoms with van der Waals surface area (Å²) in [6.45, 7) is 0. The van der Waals surface area contributed by atoms with Crippen LogP contribution in [0.2, 0.25) is 0 Å². The van der Waals surface area contributed by atoms with Crippen LogP contribution in [0.3, 0.4) is 0 Å². The van der Waals surface area contributed by atoms with E-state index in [9.17, 15) is 8.78 Å². The van der Waals surface area contributed by atoms with E-state index in [1.807, 2.05) is 0 Å². The Morgan fingerprint density at radius 3 is 2.14 bits per heavy atom. The second-order valence-corrected chi connectivity index (χ2v) is 0.869. The minimum absolute atomic E-state index is 0.986. The maximum Gasteiger partial charge on any atom is 0.312 e. The zero-order chi connectivity index (χ0) is 5.86. The number of hydrogen-bond acceptors (Lipinski definition) is 2. The number of alkyl halides is 2. The van der Waals surface area contributed by atoms with Crippen LogP contribution in [0.4, 0.5) is 8.78 Å². The Morgan fingerprint density at radius 1 is 1.71 bits per heavy atom. The summed E-state index contributed by atoms with van der Waals surface area (Å²) < 4.78 is 26.0. The third-order valence-electron chi connectivity index (χ3n) is 0.418. The number of halogens is 2. The molecule has 0 atom stereocenters. The number of methoxy groups -OCH3 is 1. The summed E-state index contributed by atoms with van der Waals surface area (Å²) in [5, 5.41) is 6.22. The quantitative estimate of drug-likeness (QED) is 0.393. The smallest absolute Gasteiger partial charge is 0.312 e. The molecule has 0 aliphatic rings. The molecule has 0 aliphatic heterocycles. The van der Waals surface area contributed by atoms with Gasteiger partial charge >= 0.3 is 6.43 Å². The van der Waals surface area contributed by atoms with Crippen LogP contribution in [0.1, 0.15) is 0 Å². The van der Waals surface area contributed by atoms with Crippen molar-refractivity contribution < 1.29 is 13.5 Å². The molecular formula is C3H5F2NO. The molecule has 0 unspecified atom stereocenters. The van der Waals surface area contributed by atoms with E-state index in [1.165, 1.54) is 0 Å². The number of rotatable bonds is 1. The van der Waals surface area contributed by atoms with Gasteiger partial charge in [-0.1, -0.05) is 0 Å². The number of hydrogen-bond donors (Lipinski definition) is 1. The van der Waals surface area contributed by atoms with Crippen molar-refractivity contribution in [2.45, 2.75) is 6.43 Å². The molecule has 0 rings (SSSR count). The highest BCUT2D eigenvalue weighted by Gasteiger charge is 2.08. The Morgan fingerprint density at radius 2 is 2.14 bits per heavy atom. The molecule has 42 valence electrons. The second kappa shape index (κ2) is 2.49. The number of nitrogens with one attached hydrogen (secondary N) is 1. The van der Waals surface area contributed by atoms with Crippen molar-refractivity contribution in [3.8, 4) is 0 Å². The monoisotopic (exact) mass is 109 g/mol. The van der Waals surface area contributed by atoms with E-state index in [-0.39, 0.29) is 0 Å². The lowest BCUT2D eigenvalue weighted by atomic mass is 10.7. The van der Waals surface area contributed by atoms with Crippen molar-refractivity contribution in [3.05, 3.63) is 0 Å². The van der Waals surface area contributed by atoms with Crippen molar-refractivity contribution in [3.63, 3.8) is 0 Å². The van der Waals surface area contributed by atoms with Crippen molar-refractivity contribution >= 4 is 5.90 Å². The average molecular weight is 109 g/mol. The summed E-state index contributed by atoms with van der Waals surface area (Å²) in [4.78, 5) is 0. The van der Waals surface area contributed by atoms with Gasteiger partial charge in [-0.2, -0.15) is 8.78 Å². The first-order valence-electron chi connectivity index (χ1n) is 1.59. The summed E-state index contributed by atoms with van der Waals surface area (Å²) in [5.74, 6) is -0.986. The minimum atomic E-state index is -2.77. The molecule has 0 fully saturated rings. The van der Waals surface area contributed by atoms with Gasteiger partial charge in [0.15, 0.2) is 0 Å². The predicted octanol–water partition coefficient (Wildman–Crippen LogP) is 0.875. The lowest BCUT2D eigenvalue weighted by Crippen LogP contribution is -2.09. The van der Waals surface area contributed by atoms with Gasteiger partial charge in [-0.05, 0) is 0 Å².